The Bertz CT molecular complexity index is 1550. The van der Waals surface area contributed by atoms with Gasteiger partial charge in [0.25, 0.3) is 0 Å². The van der Waals surface area contributed by atoms with Crippen molar-refractivity contribution in [2.24, 2.45) is 0 Å². The maximum Gasteiger partial charge on any atom is 0.239 e. The smallest absolute Gasteiger partial charge is 0.239 e. The van der Waals surface area contributed by atoms with E-state index in [4.69, 9.17) is 5.73 Å². The molecule has 0 saturated heterocycles. The Labute approximate surface area is 230 Å². The number of hydrogen-bond acceptors (Lipinski definition) is 8. The van der Waals surface area contributed by atoms with E-state index in [9.17, 15) is 13.6 Å². The Morgan fingerprint density at radius 3 is 1.97 bits per heavy atom. The number of H-pyrrole nitrogens is 2. The third-order valence-electron chi connectivity index (χ3n) is 5.10. The first-order valence-electron chi connectivity index (χ1n) is 11.6. The molecule has 4 aromatic heterocycles. The Hall–Kier alpha value is -4.55. The van der Waals surface area contributed by atoms with E-state index in [1.54, 1.807) is 34.8 Å². The second-order valence-electron chi connectivity index (χ2n) is 7.90. The Morgan fingerprint density at radius 2 is 1.41 bits per heavy atom. The van der Waals surface area contributed by atoms with E-state index >= 15 is 0 Å². The zero-order valence-electron chi connectivity index (χ0n) is 20.4. The van der Waals surface area contributed by atoms with Crippen molar-refractivity contribution >= 4 is 34.9 Å². The van der Waals surface area contributed by atoms with E-state index in [0.717, 1.165) is 45.6 Å². The minimum absolute atomic E-state index is 0.205. The molecular weight excluding hydrogens is 540 g/mol. The normalized spacial score (nSPS) is 10.2. The maximum atomic E-state index is 12.8. The molecule has 198 valence electrons. The number of hydrogen-bond donors (Lipinski definition) is 3. The summed E-state index contributed by atoms with van der Waals surface area (Å²) in [4.78, 5) is 20.5. The van der Waals surface area contributed by atoms with E-state index in [2.05, 4.69) is 30.4 Å². The van der Waals surface area contributed by atoms with Crippen LogP contribution in [0.2, 0.25) is 0 Å². The number of aldehydes is 1. The number of nitrogens with one attached hydrogen (secondary N) is 2. The number of nitrogen functional groups attached to an aromatic ring is 1. The van der Waals surface area contributed by atoms with Gasteiger partial charge in [-0.2, -0.15) is 10.1 Å². The predicted octanol–water partition coefficient (Wildman–Crippen LogP) is 6.21. The third kappa shape index (κ3) is 8.48. The van der Waals surface area contributed by atoms with E-state index in [-0.39, 0.29) is 17.6 Å². The van der Waals surface area contributed by atoms with Crippen molar-refractivity contribution in [3.63, 3.8) is 0 Å². The van der Waals surface area contributed by atoms with Gasteiger partial charge in [-0.3, -0.25) is 15.0 Å². The lowest BCUT2D eigenvalue weighted by atomic mass is 10.1. The van der Waals surface area contributed by atoms with Gasteiger partial charge in [-0.15, -0.1) is 27.8 Å². The molecule has 2 aromatic carbocycles. The molecule has 0 atom stereocenters. The molecule has 4 heterocycles. The lowest BCUT2D eigenvalue weighted by molar-refractivity contribution is 0.112. The average Bonchev–Trinajstić information content (AvgIpc) is 3.77. The van der Waals surface area contributed by atoms with Crippen LogP contribution in [0, 0.1) is 11.6 Å². The average molecular weight is 564 g/mol. The van der Waals surface area contributed by atoms with Crippen LogP contribution >= 0.6 is 22.7 Å². The molecule has 12 heteroatoms. The highest BCUT2D eigenvalue weighted by Gasteiger charge is 2.07. The summed E-state index contributed by atoms with van der Waals surface area (Å²) in [7, 11) is 0. The minimum Gasteiger partial charge on any atom is -0.366 e. The number of halogens is 2. The predicted molar refractivity (Wildman–Crippen MR) is 149 cm³/mol. The number of rotatable bonds is 6. The molecule has 0 fully saturated rings. The number of carbonyl (C=O) groups is 1. The lowest BCUT2D eigenvalue weighted by Crippen LogP contribution is -1.93. The monoisotopic (exact) mass is 563 g/mol. The van der Waals surface area contributed by atoms with E-state index in [1.807, 2.05) is 35.0 Å². The molecule has 8 nitrogen and oxygen atoms in total. The van der Waals surface area contributed by atoms with Gasteiger partial charge in [0.15, 0.2) is 11.6 Å². The molecule has 0 aliphatic rings. The first-order valence-corrected chi connectivity index (χ1v) is 13.4. The van der Waals surface area contributed by atoms with E-state index in [0.29, 0.717) is 11.8 Å². The molecule has 6 aromatic rings. The van der Waals surface area contributed by atoms with Gasteiger partial charge < -0.3 is 5.73 Å². The Balaban J connectivity index is 0.000000149. The number of nitrogens with zero attached hydrogens (tertiary/aromatic N) is 4. The van der Waals surface area contributed by atoms with Crippen LogP contribution in [0.25, 0.3) is 21.4 Å². The van der Waals surface area contributed by atoms with Gasteiger partial charge in [-0.1, -0.05) is 24.3 Å². The molecule has 0 radical (unpaired) electrons. The summed E-state index contributed by atoms with van der Waals surface area (Å²) in [6.45, 7) is 0. The second kappa shape index (κ2) is 13.8. The van der Waals surface area contributed by atoms with Crippen LogP contribution < -0.4 is 5.73 Å². The van der Waals surface area contributed by atoms with Crippen LogP contribution in [0.5, 0.6) is 0 Å². The van der Waals surface area contributed by atoms with Crippen molar-refractivity contribution in [1.29, 1.82) is 0 Å². The topological polar surface area (TPSA) is 126 Å². The SMILES string of the molecule is Fc1ccc(CCc2nc(-c3cccs3)n[nH]2)cc1.Nc1n[nH]c(-c2cccs2)n1.O=Cc1ccc(F)cc1. The van der Waals surface area contributed by atoms with Crippen molar-refractivity contribution in [3.05, 3.63) is 112 Å². The van der Waals surface area contributed by atoms with Crippen LogP contribution in [0.15, 0.2) is 83.6 Å². The van der Waals surface area contributed by atoms with Crippen molar-refractivity contribution in [1.82, 2.24) is 30.4 Å². The molecule has 0 spiro atoms. The lowest BCUT2D eigenvalue weighted by Gasteiger charge is -1.98. The highest BCUT2D eigenvalue weighted by atomic mass is 32.1. The number of carbonyl (C=O) groups excluding carboxylic acids is 1. The van der Waals surface area contributed by atoms with Crippen LogP contribution in [-0.2, 0) is 12.8 Å². The Kier molecular flexibility index (Phi) is 9.75. The van der Waals surface area contributed by atoms with Crippen molar-refractivity contribution < 1.29 is 13.6 Å². The summed E-state index contributed by atoms with van der Waals surface area (Å²) in [6, 6.07) is 19.8. The highest BCUT2D eigenvalue weighted by molar-refractivity contribution is 7.13. The molecule has 0 amide bonds. The van der Waals surface area contributed by atoms with E-state index < -0.39 is 0 Å². The first-order chi connectivity index (χ1) is 19.0. The summed E-state index contributed by atoms with van der Waals surface area (Å²) < 4.78 is 24.9. The van der Waals surface area contributed by atoms with Gasteiger partial charge >= 0.3 is 0 Å². The zero-order chi connectivity index (χ0) is 27.5. The maximum absolute atomic E-state index is 12.8. The first kappa shape index (κ1) is 27.5. The summed E-state index contributed by atoms with van der Waals surface area (Å²) >= 11 is 3.22. The van der Waals surface area contributed by atoms with Crippen LogP contribution in [0.4, 0.5) is 14.7 Å². The highest BCUT2D eigenvalue weighted by Crippen LogP contribution is 2.21. The van der Waals surface area contributed by atoms with Gasteiger partial charge in [0.1, 0.15) is 23.7 Å². The number of aromatic nitrogens is 6. The third-order valence-corrected chi connectivity index (χ3v) is 6.84. The summed E-state index contributed by atoms with van der Waals surface area (Å²) in [5, 5.41) is 17.6. The van der Waals surface area contributed by atoms with Crippen LogP contribution in [0.3, 0.4) is 0 Å². The number of aryl methyl sites for hydroxylation is 2. The van der Waals surface area contributed by atoms with E-state index in [1.165, 1.54) is 36.4 Å². The fourth-order valence-electron chi connectivity index (χ4n) is 3.18. The summed E-state index contributed by atoms with van der Waals surface area (Å²) in [5.41, 5.74) is 6.93. The molecule has 0 aliphatic heterocycles. The number of anilines is 1. The standard InChI is InChI=1S/C14H12FN3S.C7H5FO.C6H6N4S/c15-11-6-3-10(4-7-11)5-8-13-16-14(18-17-13)12-2-1-9-19-12;8-7-3-1-6(5-9)2-4-7;7-6-8-5(9-10-6)4-2-1-3-11-4/h1-4,6-7,9H,5,8H2,(H,16,17,18);1-5H;1-3H,(H3,7,8,9,10). The van der Waals surface area contributed by atoms with Crippen LogP contribution in [-0.4, -0.2) is 36.6 Å². The van der Waals surface area contributed by atoms with Gasteiger partial charge in [0, 0.05) is 12.0 Å². The fourth-order valence-corrected chi connectivity index (χ4v) is 4.50. The van der Waals surface area contributed by atoms with Crippen molar-refractivity contribution in [2.45, 2.75) is 12.8 Å². The number of thiophene rings is 2. The quantitative estimate of drug-likeness (QED) is 0.207. The number of aromatic amines is 2. The minimum atomic E-state index is -0.319. The molecule has 0 unspecified atom stereocenters. The molecule has 0 aliphatic carbocycles. The van der Waals surface area contributed by atoms with Gasteiger partial charge in [0.05, 0.1) is 9.75 Å². The molecule has 39 heavy (non-hydrogen) atoms. The molecule has 0 saturated carbocycles. The summed E-state index contributed by atoms with van der Waals surface area (Å²) in [6.07, 6.45) is 2.27. The largest absolute Gasteiger partial charge is 0.366 e. The second-order valence-corrected chi connectivity index (χ2v) is 9.79. The number of nitrogens with two attached hydrogens (primary N) is 1. The molecule has 0 bridgehead atoms. The van der Waals surface area contributed by atoms with Gasteiger partial charge in [-0.25, -0.2) is 13.8 Å². The number of benzene rings is 2. The van der Waals surface area contributed by atoms with Gasteiger partial charge in [-0.05, 0) is 71.3 Å². The van der Waals surface area contributed by atoms with Crippen molar-refractivity contribution in [3.8, 4) is 21.4 Å². The Morgan fingerprint density at radius 1 is 0.769 bits per heavy atom. The zero-order valence-corrected chi connectivity index (χ0v) is 22.1. The fraction of sp³-hybridized carbons (Fsp3) is 0.0741. The van der Waals surface area contributed by atoms with Crippen molar-refractivity contribution in [2.75, 3.05) is 5.73 Å². The van der Waals surface area contributed by atoms with Gasteiger partial charge in [0.2, 0.25) is 5.95 Å². The molecular formula is C27H23F2N7OS2. The molecule has 4 N–H and O–H groups in total. The van der Waals surface area contributed by atoms with Crippen LogP contribution in [0.1, 0.15) is 21.7 Å². The summed E-state index contributed by atoms with van der Waals surface area (Å²) in [5.74, 6) is 2.09. The molecule has 6 rings (SSSR count).